The number of carbonyl (C=O) groups excluding carboxylic acids is 2. The average Bonchev–Trinajstić information content (AvgIpc) is 3.52. The van der Waals surface area contributed by atoms with Crippen LogP contribution in [-0.2, 0) is 19.6 Å². The molecule has 2 fully saturated rings. The molecule has 1 aromatic rings. The first-order chi connectivity index (χ1) is 12.9. The quantitative estimate of drug-likeness (QED) is 0.714. The third-order valence-corrected chi connectivity index (χ3v) is 7.01. The van der Waals surface area contributed by atoms with Crippen molar-refractivity contribution in [2.24, 2.45) is 5.92 Å². The van der Waals surface area contributed by atoms with Crippen molar-refractivity contribution in [3.05, 3.63) is 29.8 Å². The van der Waals surface area contributed by atoms with Gasteiger partial charge in [-0.15, -0.1) is 0 Å². The van der Waals surface area contributed by atoms with Crippen LogP contribution < -0.4 is 5.32 Å². The monoisotopic (exact) mass is 394 g/mol. The molecular weight excluding hydrogens is 368 g/mol. The van der Waals surface area contributed by atoms with Crippen LogP contribution in [-0.4, -0.2) is 50.3 Å². The van der Waals surface area contributed by atoms with Crippen LogP contribution >= 0.6 is 0 Å². The average molecular weight is 394 g/mol. The SMILES string of the molecule is C[C@@H](NC(=O)COC(=O)c1ccc(S(=O)(=O)N2CCCCC2)cc1)C1CC1. The maximum atomic E-state index is 12.6. The maximum absolute atomic E-state index is 12.6. The first kappa shape index (κ1) is 19.8. The first-order valence-corrected chi connectivity index (χ1v) is 10.9. The number of carbonyl (C=O) groups is 2. The maximum Gasteiger partial charge on any atom is 0.338 e. The molecule has 2 aliphatic rings. The van der Waals surface area contributed by atoms with Crippen LogP contribution in [0.5, 0.6) is 0 Å². The van der Waals surface area contributed by atoms with Crippen molar-refractivity contribution in [3.63, 3.8) is 0 Å². The van der Waals surface area contributed by atoms with E-state index < -0.39 is 16.0 Å². The van der Waals surface area contributed by atoms with Crippen LogP contribution in [0.2, 0.25) is 0 Å². The minimum Gasteiger partial charge on any atom is -0.452 e. The van der Waals surface area contributed by atoms with E-state index in [1.807, 2.05) is 6.92 Å². The van der Waals surface area contributed by atoms with Gasteiger partial charge >= 0.3 is 5.97 Å². The molecule has 3 rings (SSSR count). The Morgan fingerprint density at radius 3 is 2.37 bits per heavy atom. The van der Waals surface area contributed by atoms with Crippen LogP contribution in [0.4, 0.5) is 0 Å². The lowest BCUT2D eigenvalue weighted by atomic mass is 10.2. The summed E-state index contributed by atoms with van der Waals surface area (Å²) < 4.78 is 31.7. The zero-order valence-electron chi connectivity index (χ0n) is 15.5. The molecule has 0 aromatic heterocycles. The van der Waals surface area contributed by atoms with Gasteiger partial charge in [0.1, 0.15) is 0 Å². The fraction of sp³-hybridized carbons (Fsp3) is 0.579. The zero-order chi connectivity index (χ0) is 19.4. The van der Waals surface area contributed by atoms with Gasteiger partial charge in [0.2, 0.25) is 10.0 Å². The Kier molecular flexibility index (Phi) is 6.16. The third-order valence-electron chi connectivity index (χ3n) is 5.09. The molecular formula is C19H26N2O5S. The van der Waals surface area contributed by atoms with E-state index in [9.17, 15) is 18.0 Å². The molecule has 1 saturated heterocycles. The number of amides is 1. The number of sulfonamides is 1. The summed E-state index contributed by atoms with van der Waals surface area (Å²) in [5, 5.41) is 2.81. The number of nitrogens with one attached hydrogen (secondary N) is 1. The molecule has 1 atom stereocenters. The van der Waals surface area contributed by atoms with Crippen molar-refractivity contribution in [2.75, 3.05) is 19.7 Å². The smallest absolute Gasteiger partial charge is 0.338 e. The van der Waals surface area contributed by atoms with Gasteiger partial charge in [-0.05, 0) is 62.8 Å². The van der Waals surface area contributed by atoms with Crippen molar-refractivity contribution in [3.8, 4) is 0 Å². The van der Waals surface area contributed by atoms with Crippen LogP contribution in [0.3, 0.4) is 0 Å². The van der Waals surface area contributed by atoms with Gasteiger partial charge in [-0.25, -0.2) is 13.2 Å². The molecule has 148 valence electrons. The number of hydrogen-bond donors (Lipinski definition) is 1. The Balaban J connectivity index is 1.54. The Hall–Kier alpha value is -1.93. The minimum absolute atomic E-state index is 0.0930. The van der Waals surface area contributed by atoms with E-state index in [2.05, 4.69) is 5.32 Å². The number of ether oxygens (including phenoxy) is 1. The normalized spacial score (nSPS) is 19.3. The number of piperidine rings is 1. The van der Waals surface area contributed by atoms with Crippen molar-refractivity contribution in [1.82, 2.24) is 9.62 Å². The summed E-state index contributed by atoms with van der Waals surface area (Å²) >= 11 is 0. The highest BCUT2D eigenvalue weighted by atomic mass is 32.2. The van der Waals surface area contributed by atoms with E-state index in [4.69, 9.17) is 4.74 Å². The summed E-state index contributed by atoms with van der Waals surface area (Å²) in [6.45, 7) is 2.66. The molecule has 7 nitrogen and oxygen atoms in total. The van der Waals surface area contributed by atoms with Crippen molar-refractivity contribution in [1.29, 1.82) is 0 Å². The molecule has 0 unspecified atom stereocenters. The summed E-state index contributed by atoms with van der Waals surface area (Å²) in [5.74, 6) is -0.447. The van der Waals surface area contributed by atoms with Crippen molar-refractivity contribution < 1.29 is 22.7 Å². The number of rotatable bonds is 7. The van der Waals surface area contributed by atoms with Crippen LogP contribution in [0.25, 0.3) is 0 Å². The second-order valence-electron chi connectivity index (χ2n) is 7.26. The van der Waals surface area contributed by atoms with E-state index >= 15 is 0 Å². The number of esters is 1. The van der Waals surface area contributed by atoms with Gasteiger partial charge < -0.3 is 10.1 Å². The highest BCUT2D eigenvalue weighted by Crippen LogP contribution is 2.32. The lowest BCUT2D eigenvalue weighted by molar-refractivity contribution is -0.124. The number of benzene rings is 1. The molecule has 1 saturated carbocycles. The van der Waals surface area contributed by atoms with E-state index in [-0.39, 0.29) is 29.0 Å². The highest BCUT2D eigenvalue weighted by Gasteiger charge is 2.29. The van der Waals surface area contributed by atoms with Crippen LogP contribution in [0.15, 0.2) is 29.2 Å². The van der Waals surface area contributed by atoms with Crippen molar-refractivity contribution >= 4 is 21.9 Å². The van der Waals surface area contributed by atoms with E-state index in [0.29, 0.717) is 19.0 Å². The fourth-order valence-electron chi connectivity index (χ4n) is 3.24. The highest BCUT2D eigenvalue weighted by molar-refractivity contribution is 7.89. The molecule has 8 heteroatoms. The Morgan fingerprint density at radius 2 is 1.78 bits per heavy atom. The van der Waals surface area contributed by atoms with Gasteiger partial charge in [0, 0.05) is 19.1 Å². The van der Waals surface area contributed by atoms with E-state index in [1.165, 1.54) is 28.6 Å². The Morgan fingerprint density at radius 1 is 1.15 bits per heavy atom. The lowest BCUT2D eigenvalue weighted by Crippen LogP contribution is -2.37. The summed E-state index contributed by atoms with van der Waals surface area (Å²) in [6.07, 6.45) is 5.02. The first-order valence-electron chi connectivity index (χ1n) is 9.44. The number of nitrogens with zero attached hydrogens (tertiary/aromatic N) is 1. The summed E-state index contributed by atoms with van der Waals surface area (Å²) in [4.78, 5) is 24.1. The molecule has 1 aromatic carbocycles. The summed E-state index contributed by atoms with van der Waals surface area (Å²) in [7, 11) is -3.53. The van der Waals surface area contributed by atoms with Gasteiger partial charge in [0.05, 0.1) is 10.5 Å². The third kappa shape index (κ3) is 5.07. The predicted octanol–water partition coefficient (Wildman–Crippen LogP) is 1.93. The Bertz CT molecular complexity index is 781. The fourth-order valence-corrected chi connectivity index (χ4v) is 4.76. The summed E-state index contributed by atoms with van der Waals surface area (Å²) in [6, 6.07) is 5.76. The lowest BCUT2D eigenvalue weighted by Gasteiger charge is -2.25. The molecule has 1 aliphatic heterocycles. The summed E-state index contributed by atoms with van der Waals surface area (Å²) in [5.41, 5.74) is 0.218. The second kappa shape index (κ2) is 8.39. The molecule has 0 bridgehead atoms. The van der Waals surface area contributed by atoms with E-state index in [0.717, 1.165) is 32.1 Å². The predicted molar refractivity (Wildman–Crippen MR) is 99.7 cm³/mol. The van der Waals surface area contributed by atoms with Gasteiger partial charge in [0.15, 0.2) is 6.61 Å². The van der Waals surface area contributed by atoms with Gasteiger partial charge in [-0.1, -0.05) is 6.42 Å². The molecule has 1 N–H and O–H groups in total. The Labute approximate surface area is 160 Å². The minimum atomic E-state index is -3.53. The number of hydrogen-bond acceptors (Lipinski definition) is 5. The molecule has 1 amide bonds. The molecule has 27 heavy (non-hydrogen) atoms. The van der Waals surface area contributed by atoms with Crippen molar-refractivity contribution in [2.45, 2.75) is 50.0 Å². The molecule has 1 heterocycles. The van der Waals surface area contributed by atoms with Crippen LogP contribution in [0.1, 0.15) is 49.4 Å². The zero-order valence-corrected chi connectivity index (χ0v) is 16.3. The van der Waals surface area contributed by atoms with Gasteiger partial charge in [-0.3, -0.25) is 4.79 Å². The van der Waals surface area contributed by atoms with E-state index in [1.54, 1.807) is 0 Å². The molecule has 1 aliphatic carbocycles. The largest absolute Gasteiger partial charge is 0.452 e. The van der Waals surface area contributed by atoms with Crippen LogP contribution in [0, 0.1) is 5.92 Å². The van der Waals surface area contributed by atoms with Gasteiger partial charge in [-0.2, -0.15) is 4.31 Å². The topological polar surface area (TPSA) is 92.8 Å². The second-order valence-corrected chi connectivity index (χ2v) is 9.20. The van der Waals surface area contributed by atoms with Gasteiger partial charge in [0.25, 0.3) is 5.91 Å². The standard InChI is InChI=1S/C19H26N2O5S/c1-14(15-5-6-15)20-18(22)13-26-19(23)16-7-9-17(10-8-16)27(24,25)21-11-3-2-4-12-21/h7-10,14-15H,2-6,11-13H2,1H3,(H,20,22)/t14-/m1/s1. The molecule has 0 spiro atoms. The molecule has 0 radical (unpaired) electrons.